The van der Waals surface area contributed by atoms with Gasteiger partial charge in [-0.25, -0.2) is 4.39 Å². The van der Waals surface area contributed by atoms with E-state index in [9.17, 15) is 19.3 Å². The molecule has 0 spiro atoms. The van der Waals surface area contributed by atoms with Crippen LogP contribution in [0.15, 0.2) is 65.6 Å². The number of amides is 1. The number of nitrogens with zero attached hydrogens (tertiary/aromatic N) is 2. The van der Waals surface area contributed by atoms with E-state index in [0.717, 1.165) is 11.8 Å². The zero-order chi connectivity index (χ0) is 25.8. The molecule has 11 heteroatoms. The second-order valence-corrected chi connectivity index (χ2v) is 9.51. The van der Waals surface area contributed by atoms with Crippen LogP contribution in [-0.4, -0.2) is 21.8 Å². The molecule has 0 aromatic heterocycles. The van der Waals surface area contributed by atoms with Crippen LogP contribution in [0.3, 0.4) is 0 Å². The molecule has 1 amide bonds. The fourth-order valence-corrected chi connectivity index (χ4v) is 4.91. The Hall–Kier alpha value is -3.47. The summed E-state index contributed by atoms with van der Waals surface area (Å²) < 4.78 is 25.4. The van der Waals surface area contributed by atoms with Crippen LogP contribution in [0.5, 0.6) is 11.5 Å². The second-order valence-electron chi connectivity index (χ2n) is 7.43. The summed E-state index contributed by atoms with van der Waals surface area (Å²) in [6.45, 7) is 2.16. The summed E-state index contributed by atoms with van der Waals surface area (Å²) in [6, 6.07) is 15.4. The molecule has 36 heavy (non-hydrogen) atoms. The number of halogens is 2. The van der Waals surface area contributed by atoms with Gasteiger partial charge in [0.2, 0.25) is 0 Å². The number of para-hydroxylation sites is 1. The maximum Gasteiger partial charge on any atom is 0.276 e. The minimum atomic E-state index is -0.589. The van der Waals surface area contributed by atoms with E-state index in [4.69, 9.17) is 33.3 Å². The van der Waals surface area contributed by atoms with Gasteiger partial charge in [0.15, 0.2) is 15.8 Å². The Morgan fingerprint density at radius 2 is 1.92 bits per heavy atom. The summed E-state index contributed by atoms with van der Waals surface area (Å²) in [5, 5.41) is 11.2. The third-order valence-corrected chi connectivity index (χ3v) is 6.68. The van der Waals surface area contributed by atoms with Crippen LogP contribution in [0, 0.1) is 15.9 Å². The molecule has 0 aliphatic carbocycles. The molecular formula is C25H18ClFN2O5S2. The van der Waals surface area contributed by atoms with Gasteiger partial charge in [0.25, 0.3) is 11.6 Å². The summed E-state index contributed by atoms with van der Waals surface area (Å²) in [5.74, 6) is -0.123. The maximum absolute atomic E-state index is 13.5. The number of carbonyl (C=O) groups excluding carboxylic acids is 1. The normalized spacial score (nSPS) is 14.4. The van der Waals surface area contributed by atoms with Gasteiger partial charge in [-0.2, -0.15) is 0 Å². The molecule has 4 rings (SSSR count). The second kappa shape index (κ2) is 11.1. The Morgan fingerprint density at radius 1 is 1.14 bits per heavy atom. The van der Waals surface area contributed by atoms with Crippen molar-refractivity contribution in [2.75, 3.05) is 11.5 Å². The molecule has 0 N–H and O–H groups in total. The number of ether oxygens (including phenoxy) is 2. The minimum Gasteiger partial charge on any atom is -0.490 e. The number of thiocarbonyl (C=S) groups is 1. The van der Waals surface area contributed by atoms with Crippen molar-refractivity contribution in [1.29, 1.82) is 0 Å². The Bertz CT molecular complexity index is 1400. The first-order chi connectivity index (χ1) is 17.3. The summed E-state index contributed by atoms with van der Waals surface area (Å²) >= 11 is 12.3. The molecule has 3 aromatic rings. The lowest BCUT2D eigenvalue weighted by Crippen LogP contribution is -2.27. The number of nitro groups is 1. The number of benzene rings is 3. The molecule has 1 aliphatic heterocycles. The lowest BCUT2D eigenvalue weighted by molar-refractivity contribution is -0.385. The van der Waals surface area contributed by atoms with Crippen molar-refractivity contribution in [3.8, 4) is 11.5 Å². The van der Waals surface area contributed by atoms with E-state index in [1.807, 2.05) is 6.92 Å². The highest BCUT2D eigenvalue weighted by atomic mass is 35.5. The molecule has 0 bridgehead atoms. The van der Waals surface area contributed by atoms with Crippen molar-refractivity contribution in [3.05, 3.63) is 97.6 Å². The molecular weight excluding hydrogens is 527 g/mol. The van der Waals surface area contributed by atoms with Gasteiger partial charge in [-0.15, -0.1) is 0 Å². The molecule has 184 valence electrons. The third kappa shape index (κ3) is 5.51. The topological polar surface area (TPSA) is 81.9 Å². The molecule has 1 fully saturated rings. The number of hydrogen-bond acceptors (Lipinski definition) is 7. The van der Waals surface area contributed by atoms with Crippen LogP contribution < -0.4 is 14.4 Å². The molecule has 1 saturated heterocycles. The first kappa shape index (κ1) is 25.6. The smallest absolute Gasteiger partial charge is 0.276 e. The number of hydrogen-bond donors (Lipinski definition) is 0. The van der Waals surface area contributed by atoms with Crippen LogP contribution in [0.2, 0.25) is 5.02 Å². The van der Waals surface area contributed by atoms with Crippen LogP contribution >= 0.6 is 35.6 Å². The summed E-state index contributed by atoms with van der Waals surface area (Å²) in [6.07, 6.45) is 1.67. The number of thioether (sulfide) groups is 1. The van der Waals surface area contributed by atoms with Crippen molar-refractivity contribution in [2.24, 2.45) is 0 Å². The molecule has 0 unspecified atom stereocenters. The quantitative estimate of drug-likeness (QED) is 0.134. The van der Waals surface area contributed by atoms with E-state index in [1.54, 1.807) is 42.5 Å². The summed E-state index contributed by atoms with van der Waals surface area (Å²) in [5.41, 5.74) is 1.44. The first-order valence-corrected chi connectivity index (χ1v) is 12.2. The number of carbonyl (C=O) groups is 1. The van der Waals surface area contributed by atoms with Crippen molar-refractivity contribution in [1.82, 2.24) is 0 Å². The van der Waals surface area contributed by atoms with E-state index >= 15 is 0 Å². The summed E-state index contributed by atoms with van der Waals surface area (Å²) in [7, 11) is 0. The van der Waals surface area contributed by atoms with Crippen LogP contribution in [0.1, 0.15) is 18.1 Å². The van der Waals surface area contributed by atoms with Crippen molar-refractivity contribution >= 4 is 63.3 Å². The Kier molecular flexibility index (Phi) is 7.88. The van der Waals surface area contributed by atoms with E-state index in [0.29, 0.717) is 44.1 Å². The fraction of sp³-hybridized carbons (Fsp3) is 0.120. The predicted molar refractivity (Wildman–Crippen MR) is 142 cm³/mol. The highest BCUT2D eigenvalue weighted by Crippen LogP contribution is 2.38. The van der Waals surface area contributed by atoms with Crippen LogP contribution in [-0.2, 0) is 11.4 Å². The molecule has 1 heterocycles. The van der Waals surface area contributed by atoms with Gasteiger partial charge < -0.3 is 9.47 Å². The van der Waals surface area contributed by atoms with Gasteiger partial charge in [0.05, 0.1) is 32.7 Å². The van der Waals surface area contributed by atoms with E-state index in [2.05, 4.69) is 0 Å². The SMILES string of the molecule is CCOc1cc(/C=C2/SC(=S)N(c3ccc(F)c(Cl)c3)C2=O)ccc1OCc1ccccc1[N+](=O)[O-]. The van der Waals surface area contributed by atoms with Gasteiger partial charge in [-0.05, 0) is 55.0 Å². The average molecular weight is 545 g/mol. The molecule has 1 aliphatic rings. The third-order valence-electron chi connectivity index (χ3n) is 5.09. The zero-order valence-corrected chi connectivity index (χ0v) is 21.2. The average Bonchev–Trinajstić information content (AvgIpc) is 3.13. The van der Waals surface area contributed by atoms with Gasteiger partial charge >= 0.3 is 0 Å². The minimum absolute atomic E-state index is 0.0184. The Morgan fingerprint density at radius 3 is 2.64 bits per heavy atom. The maximum atomic E-state index is 13.5. The van der Waals surface area contributed by atoms with Crippen molar-refractivity contribution < 1.29 is 23.6 Å². The van der Waals surface area contributed by atoms with E-state index in [-0.39, 0.29) is 23.2 Å². The zero-order valence-electron chi connectivity index (χ0n) is 18.8. The summed E-state index contributed by atoms with van der Waals surface area (Å²) in [4.78, 5) is 25.5. The Balaban J connectivity index is 1.57. The Labute approximate surface area is 220 Å². The van der Waals surface area contributed by atoms with Crippen LogP contribution in [0.4, 0.5) is 15.8 Å². The molecule has 7 nitrogen and oxygen atoms in total. The fourth-order valence-electron chi connectivity index (χ4n) is 3.43. The number of rotatable bonds is 8. The van der Waals surface area contributed by atoms with Gasteiger partial charge in [0.1, 0.15) is 12.4 Å². The molecule has 0 radical (unpaired) electrons. The van der Waals surface area contributed by atoms with Gasteiger partial charge in [-0.1, -0.05) is 53.8 Å². The van der Waals surface area contributed by atoms with Crippen molar-refractivity contribution in [3.63, 3.8) is 0 Å². The van der Waals surface area contributed by atoms with E-state index in [1.165, 1.54) is 29.2 Å². The largest absolute Gasteiger partial charge is 0.490 e. The van der Waals surface area contributed by atoms with Gasteiger partial charge in [-0.3, -0.25) is 19.8 Å². The highest BCUT2D eigenvalue weighted by Gasteiger charge is 2.33. The van der Waals surface area contributed by atoms with Crippen molar-refractivity contribution in [2.45, 2.75) is 13.5 Å². The lowest BCUT2D eigenvalue weighted by Gasteiger charge is -2.15. The first-order valence-electron chi connectivity index (χ1n) is 10.6. The monoisotopic (exact) mass is 544 g/mol. The molecule has 0 atom stereocenters. The van der Waals surface area contributed by atoms with E-state index < -0.39 is 10.7 Å². The van der Waals surface area contributed by atoms with Gasteiger partial charge in [0, 0.05) is 6.07 Å². The standard InChI is InChI=1S/C25H18ClFN2O5S2/c1-2-33-22-11-15(7-10-21(22)34-14-16-5-3-4-6-20(16)29(31)32)12-23-24(30)28(25(35)36-23)17-8-9-19(27)18(26)13-17/h3-13H,2,14H2,1H3/b23-12+. The molecule has 3 aromatic carbocycles. The lowest BCUT2D eigenvalue weighted by atomic mass is 10.1. The predicted octanol–water partition coefficient (Wildman–Crippen LogP) is 6.77. The number of anilines is 1. The highest BCUT2D eigenvalue weighted by molar-refractivity contribution is 8.27. The molecule has 0 saturated carbocycles. The van der Waals surface area contributed by atoms with Crippen LogP contribution in [0.25, 0.3) is 6.08 Å². The number of nitro benzene ring substituents is 1.